The number of carbonyl (C=O) groups is 2. The Morgan fingerprint density at radius 2 is 1.60 bits per heavy atom. The van der Waals surface area contributed by atoms with E-state index in [1.807, 2.05) is 4.90 Å². The summed E-state index contributed by atoms with van der Waals surface area (Å²) < 4.78 is 15.3. The highest BCUT2D eigenvalue weighted by molar-refractivity contribution is 5.95. The zero-order valence-electron chi connectivity index (χ0n) is 15.2. The number of hydrogen-bond acceptors (Lipinski definition) is 5. The average molecular weight is 349 g/mol. The van der Waals surface area contributed by atoms with E-state index in [0.29, 0.717) is 23.6 Å². The van der Waals surface area contributed by atoms with Crippen LogP contribution < -0.4 is 9.47 Å². The lowest BCUT2D eigenvalue weighted by molar-refractivity contribution is -0.140. The molecule has 1 fully saturated rings. The van der Waals surface area contributed by atoms with Crippen molar-refractivity contribution in [3.8, 4) is 11.5 Å². The maximum Gasteiger partial charge on any atom is 0.307 e. The van der Waals surface area contributed by atoms with Gasteiger partial charge in [-0.05, 0) is 25.0 Å². The average Bonchev–Trinajstić information content (AvgIpc) is 2.67. The Kier molecular flexibility index (Phi) is 7.10. The second-order valence-electron chi connectivity index (χ2n) is 6.22. The minimum absolute atomic E-state index is 0.104. The molecule has 1 aliphatic rings. The summed E-state index contributed by atoms with van der Waals surface area (Å²) in [6.07, 6.45) is 5.53. The van der Waals surface area contributed by atoms with E-state index in [-0.39, 0.29) is 24.3 Å². The van der Waals surface area contributed by atoms with Gasteiger partial charge in [0.25, 0.3) is 5.91 Å². The first-order valence-electron chi connectivity index (χ1n) is 8.70. The van der Waals surface area contributed by atoms with E-state index in [1.54, 1.807) is 32.4 Å². The van der Waals surface area contributed by atoms with Crippen molar-refractivity contribution in [1.82, 2.24) is 4.90 Å². The lowest BCUT2D eigenvalue weighted by atomic mass is 9.93. The van der Waals surface area contributed by atoms with Gasteiger partial charge in [0.2, 0.25) is 0 Å². The molecule has 0 N–H and O–H groups in total. The van der Waals surface area contributed by atoms with Gasteiger partial charge in [-0.1, -0.05) is 19.3 Å². The van der Waals surface area contributed by atoms with Crippen LogP contribution in [0.25, 0.3) is 0 Å². The van der Waals surface area contributed by atoms with Crippen LogP contribution in [-0.2, 0) is 9.53 Å². The number of amides is 1. The number of hydrogen-bond donors (Lipinski definition) is 0. The molecule has 1 aliphatic carbocycles. The minimum atomic E-state index is -0.308. The van der Waals surface area contributed by atoms with Gasteiger partial charge in [0, 0.05) is 24.2 Å². The lowest BCUT2D eigenvalue weighted by Crippen LogP contribution is -2.42. The molecule has 0 heterocycles. The molecule has 0 radical (unpaired) electrons. The van der Waals surface area contributed by atoms with E-state index >= 15 is 0 Å². The van der Waals surface area contributed by atoms with Gasteiger partial charge in [0.05, 0.1) is 27.8 Å². The highest BCUT2D eigenvalue weighted by atomic mass is 16.5. The van der Waals surface area contributed by atoms with E-state index in [2.05, 4.69) is 0 Å². The summed E-state index contributed by atoms with van der Waals surface area (Å²) in [5.74, 6) is 0.725. The molecule has 138 valence electrons. The third kappa shape index (κ3) is 5.11. The SMILES string of the molecule is COC(=O)CCN(C(=O)c1cc(OC)cc(OC)c1)C1CCCCC1. The van der Waals surface area contributed by atoms with Gasteiger partial charge < -0.3 is 19.1 Å². The number of ether oxygens (including phenoxy) is 3. The Morgan fingerprint density at radius 1 is 1.00 bits per heavy atom. The first kappa shape index (κ1) is 19.1. The van der Waals surface area contributed by atoms with Gasteiger partial charge >= 0.3 is 5.97 Å². The van der Waals surface area contributed by atoms with E-state index in [0.717, 1.165) is 25.7 Å². The second kappa shape index (κ2) is 9.30. The van der Waals surface area contributed by atoms with Crippen LogP contribution in [0.1, 0.15) is 48.9 Å². The number of rotatable bonds is 7. The van der Waals surface area contributed by atoms with Crippen molar-refractivity contribution in [2.24, 2.45) is 0 Å². The van der Waals surface area contributed by atoms with Crippen LogP contribution in [0.15, 0.2) is 18.2 Å². The predicted octanol–water partition coefficient (Wildman–Crippen LogP) is 3.04. The van der Waals surface area contributed by atoms with Crippen molar-refractivity contribution in [2.45, 2.75) is 44.6 Å². The van der Waals surface area contributed by atoms with E-state index in [1.165, 1.54) is 13.5 Å². The molecule has 0 bridgehead atoms. The second-order valence-corrected chi connectivity index (χ2v) is 6.22. The smallest absolute Gasteiger partial charge is 0.307 e. The predicted molar refractivity (Wildman–Crippen MR) is 94.1 cm³/mol. The van der Waals surface area contributed by atoms with Crippen molar-refractivity contribution in [3.63, 3.8) is 0 Å². The fourth-order valence-electron chi connectivity index (χ4n) is 3.25. The van der Waals surface area contributed by atoms with Gasteiger partial charge in [0.15, 0.2) is 0 Å². The van der Waals surface area contributed by atoms with Crippen LogP contribution in [0.5, 0.6) is 11.5 Å². The molecule has 0 aliphatic heterocycles. The summed E-state index contributed by atoms with van der Waals surface area (Å²) in [7, 11) is 4.47. The van der Waals surface area contributed by atoms with Gasteiger partial charge in [0.1, 0.15) is 11.5 Å². The number of nitrogens with zero attached hydrogens (tertiary/aromatic N) is 1. The molecule has 1 saturated carbocycles. The lowest BCUT2D eigenvalue weighted by Gasteiger charge is -2.34. The summed E-state index contributed by atoms with van der Waals surface area (Å²) in [5.41, 5.74) is 0.506. The van der Waals surface area contributed by atoms with Crippen molar-refractivity contribution >= 4 is 11.9 Å². The molecule has 0 spiro atoms. The molecule has 1 aromatic rings. The summed E-state index contributed by atoms with van der Waals surface area (Å²) in [6, 6.07) is 5.30. The van der Waals surface area contributed by atoms with E-state index in [4.69, 9.17) is 14.2 Å². The van der Waals surface area contributed by atoms with Crippen LogP contribution in [0.2, 0.25) is 0 Å². The van der Waals surface area contributed by atoms with Crippen LogP contribution >= 0.6 is 0 Å². The minimum Gasteiger partial charge on any atom is -0.497 e. The van der Waals surface area contributed by atoms with Crippen LogP contribution in [0.4, 0.5) is 0 Å². The Hall–Kier alpha value is -2.24. The number of carbonyl (C=O) groups excluding carboxylic acids is 2. The van der Waals surface area contributed by atoms with Gasteiger partial charge in [-0.25, -0.2) is 0 Å². The first-order chi connectivity index (χ1) is 12.1. The number of benzene rings is 1. The standard InChI is InChI=1S/C19H27NO5/c1-23-16-11-14(12-17(13-16)24-2)19(22)20(10-9-18(21)25-3)15-7-5-4-6-8-15/h11-13,15H,4-10H2,1-3H3. The van der Waals surface area contributed by atoms with Crippen molar-refractivity contribution in [3.05, 3.63) is 23.8 Å². The fraction of sp³-hybridized carbons (Fsp3) is 0.579. The largest absolute Gasteiger partial charge is 0.497 e. The molecule has 25 heavy (non-hydrogen) atoms. The zero-order chi connectivity index (χ0) is 18.2. The molecular formula is C19H27NO5. The molecular weight excluding hydrogens is 322 g/mol. The fourth-order valence-corrected chi connectivity index (χ4v) is 3.25. The Morgan fingerprint density at radius 3 is 2.12 bits per heavy atom. The van der Waals surface area contributed by atoms with Crippen LogP contribution in [0, 0.1) is 0 Å². The van der Waals surface area contributed by atoms with Crippen molar-refractivity contribution in [1.29, 1.82) is 0 Å². The molecule has 6 heteroatoms. The maximum absolute atomic E-state index is 13.1. The molecule has 0 unspecified atom stereocenters. The summed E-state index contributed by atoms with van der Waals surface area (Å²) in [5, 5.41) is 0. The van der Waals surface area contributed by atoms with Crippen molar-refractivity contribution < 1.29 is 23.8 Å². The third-order valence-electron chi connectivity index (χ3n) is 4.66. The number of esters is 1. The van der Waals surface area contributed by atoms with Gasteiger partial charge in [-0.2, -0.15) is 0 Å². The maximum atomic E-state index is 13.1. The Labute approximate surface area is 149 Å². The normalized spacial score (nSPS) is 14.7. The molecule has 6 nitrogen and oxygen atoms in total. The number of methoxy groups -OCH3 is 3. The summed E-state index contributed by atoms with van der Waals surface area (Å²) in [4.78, 5) is 26.5. The van der Waals surface area contributed by atoms with E-state index < -0.39 is 0 Å². The summed E-state index contributed by atoms with van der Waals surface area (Å²) >= 11 is 0. The summed E-state index contributed by atoms with van der Waals surface area (Å²) in [6.45, 7) is 0.357. The Balaban J connectivity index is 2.25. The van der Waals surface area contributed by atoms with Gasteiger partial charge in [-0.15, -0.1) is 0 Å². The van der Waals surface area contributed by atoms with E-state index in [9.17, 15) is 9.59 Å². The Bertz CT molecular complexity index is 573. The third-order valence-corrected chi connectivity index (χ3v) is 4.66. The zero-order valence-corrected chi connectivity index (χ0v) is 15.2. The molecule has 0 aromatic heterocycles. The molecule has 0 atom stereocenters. The van der Waals surface area contributed by atoms with Crippen molar-refractivity contribution in [2.75, 3.05) is 27.9 Å². The first-order valence-corrected chi connectivity index (χ1v) is 8.70. The quantitative estimate of drug-likeness (QED) is 0.708. The highest BCUT2D eigenvalue weighted by Crippen LogP contribution is 2.27. The van der Waals surface area contributed by atoms with Crippen LogP contribution in [-0.4, -0.2) is 50.7 Å². The highest BCUT2D eigenvalue weighted by Gasteiger charge is 2.27. The van der Waals surface area contributed by atoms with Crippen LogP contribution in [0.3, 0.4) is 0 Å². The van der Waals surface area contributed by atoms with Gasteiger partial charge in [-0.3, -0.25) is 9.59 Å². The molecule has 1 amide bonds. The molecule has 1 aromatic carbocycles. The monoisotopic (exact) mass is 349 g/mol. The molecule has 2 rings (SSSR count). The molecule has 0 saturated heterocycles. The topological polar surface area (TPSA) is 65.1 Å².